The van der Waals surface area contributed by atoms with Gasteiger partial charge in [-0.05, 0) is 64.9 Å². The van der Waals surface area contributed by atoms with Crippen LogP contribution in [-0.4, -0.2) is 20.7 Å². The van der Waals surface area contributed by atoms with Crippen LogP contribution in [0.25, 0.3) is 116 Å². The van der Waals surface area contributed by atoms with Gasteiger partial charge in [0.1, 0.15) is 28.4 Å². The third kappa shape index (κ3) is 5.41. The van der Waals surface area contributed by atoms with Gasteiger partial charge in [0.05, 0.1) is 39.5 Å². The molecule has 7 aromatic carbocycles. The molecule has 2 atom stereocenters. The lowest BCUT2D eigenvalue weighted by Gasteiger charge is -2.36. The Morgan fingerprint density at radius 1 is 0.415 bits per heavy atom. The van der Waals surface area contributed by atoms with Gasteiger partial charge < -0.3 is 8.83 Å². The molecule has 2 unspecified atom stereocenters. The molecule has 6 nitrogen and oxygen atoms in total. The van der Waals surface area contributed by atoms with E-state index in [1.54, 1.807) is 0 Å². The highest BCUT2D eigenvalue weighted by molar-refractivity contribution is 6.19. The molecule has 0 radical (unpaired) electrons. The summed E-state index contributed by atoms with van der Waals surface area (Å²) in [5.74, 6) is 0. The molecule has 6 heterocycles. The molecule has 0 bridgehead atoms. The zero-order chi connectivity index (χ0) is 42.8. The molecule has 0 N–H and O–H groups in total. The molecule has 12 aromatic rings. The van der Waals surface area contributed by atoms with Crippen LogP contribution in [0.5, 0.6) is 0 Å². The van der Waals surface area contributed by atoms with Gasteiger partial charge in [-0.25, -0.2) is 15.0 Å². The topological polar surface area (TPSA) is 77.3 Å². The number of rotatable bonds is 4. The van der Waals surface area contributed by atoms with Crippen molar-refractivity contribution in [2.75, 3.05) is 0 Å². The third-order valence-corrected chi connectivity index (χ3v) is 13.7. The smallest absolute Gasteiger partial charge is 0.144 e. The first kappa shape index (κ1) is 36.0. The maximum Gasteiger partial charge on any atom is 0.144 e. The molecule has 5 aromatic heterocycles. The quantitative estimate of drug-likeness (QED) is 0.165. The predicted molar refractivity (Wildman–Crippen MR) is 265 cm³/mol. The van der Waals surface area contributed by atoms with E-state index in [4.69, 9.17) is 28.8 Å². The van der Waals surface area contributed by atoms with E-state index in [1.165, 1.54) is 0 Å². The Balaban J connectivity index is 0.869. The lowest BCUT2D eigenvalue weighted by Crippen LogP contribution is -2.28. The highest BCUT2D eigenvalue weighted by Crippen LogP contribution is 2.48. The number of benzene rings is 7. The standard InChI is InChI=1S/C59H36N4O2/c1-59-32-30-36-24-28-48(62-55(36)58(59)63-50(31-33-59)46-17-9-15-44-42-13-5-7-19-52(42)65-57(44)46)40-26-25-39(37-10-2-3-11-38(37)40)47-27-22-34-20-21-35-23-29-49(61-54(35)53(34)60-47)45-16-8-14-43-41-12-4-6-18-51(41)64-56(43)45/h2-33,58H,1H3. The fourth-order valence-electron chi connectivity index (χ4n) is 10.3. The Kier molecular flexibility index (Phi) is 7.49. The van der Waals surface area contributed by atoms with Crippen LogP contribution in [0.2, 0.25) is 0 Å². The number of aromatic nitrogens is 3. The summed E-state index contributed by atoms with van der Waals surface area (Å²) >= 11 is 0. The molecule has 0 fully saturated rings. The predicted octanol–water partition coefficient (Wildman–Crippen LogP) is 15.3. The number of allylic oxidation sites excluding steroid dienone is 1. The highest BCUT2D eigenvalue weighted by atomic mass is 16.3. The summed E-state index contributed by atoms with van der Waals surface area (Å²) in [6.45, 7) is 2.24. The molecule has 0 saturated carbocycles. The summed E-state index contributed by atoms with van der Waals surface area (Å²) in [5.41, 5.74) is 14.4. The summed E-state index contributed by atoms with van der Waals surface area (Å²) in [6.07, 6.45) is 8.88. The van der Waals surface area contributed by atoms with Crippen molar-refractivity contribution in [2.45, 2.75) is 13.0 Å². The first-order valence-corrected chi connectivity index (χ1v) is 22.1. The first-order valence-electron chi connectivity index (χ1n) is 22.1. The summed E-state index contributed by atoms with van der Waals surface area (Å²) < 4.78 is 12.9. The summed E-state index contributed by atoms with van der Waals surface area (Å²) in [4.78, 5) is 21.7. The number of hydrogen-bond acceptors (Lipinski definition) is 6. The summed E-state index contributed by atoms with van der Waals surface area (Å²) in [7, 11) is 0. The van der Waals surface area contributed by atoms with Gasteiger partial charge in [0.2, 0.25) is 0 Å². The van der Waals surface area contributed by atoms with Gasteiger partial charge in [-0.3, -0.25) is 4.99 Å². The Hall–Kier alpha value is -8.48. The number of furan rings is 2. The number of para-hydroxylation sites is 4. The van der Waals surface area contributed by atoms with Crippen LogP contribution in [0.1, 0.15) is 29.8 Å². The van der Waals surface area contributed by atoms with E-state index in [9.17, 15) is 0 Å². The molecule has 0 amide bonds. The molecule has 2 aliphatic rings. The van der Waals surface area contributed by atoms with Crippen LogP contribution in [0, 0.1) is 5.41 Å². The molecule has 304 valence electrons. The number of fused-ring (bicyclic) bond motifs is 13. The molecule has 14 rings (SSSR count). The van der Waals surface area contributed by atoms with E-state index >= 15 is 0 Å². The average molecular weight is 833 g/mol. The van der Waals surface area contributed by atoms with Gasteiger partial charge in [-0.1, -0.05) is 153 Å². The molecule has 1 aliphatic carbocycles. The van der Waals surface area contributed by atoms with Gasteiger partial charge >= 0.3 is 0 Å². The highest BCUT2D eigenvalue weighted by Gasteiger charge is 2.39. The van der Waals surface area contributed by atoms with E-state index in [2.05, 4.69) is 171 Å². The largest absolute Gasteiger partial charge is 0.455 e. The number of aliphatic imine (C=N–C) groups is 1. The number of hydrogen-bond donors (Lipinski definition) is 0. The van der Waals surface area contributed by atoms with Gasteiger partial charge in [0.25, 0.3) is 0 Å². The maximum absolute atomic E-state index is 6.45. The molecule has 6 heteroatoms. The van der Waals surface area contributed by atoms with Crippen LogP contribution in [-0.2, 0) is 0 Å². The van der Waals surface area contributed by atoms with Crippen molar-refractivity contribution in [3.8, 4) is 33.8 Å². The van der Waals surface area contributed by atoms with Crippen LogP contribution in [0.15, 0.2) is 202 Å². The van der Waals surface area contributed by atoms with Crippen LogP contribution in [0.4, 0.5) is 0 Å². The van der Waals surface area contributed by atoms with E-state index < -0.39 is 0 Å². The molecular formula is C59H36N4O2. The third-order valence-electron chi connectivity index (χ3n) is 13.7. The second kappa shape index (κ2) is 13.5. The minimum atomic E-state index is -0.335. The van der Waals surface area contributed by atoms with Crippen molar-refractivity contribution in [1.82, 2.24) is 15.0 Å². The van der Waals surface area contributed by atoms with Gasteiger partial charge in [-0.15, -0.1) is 0 Å². The molecule has 0 spiro atoms. The zero-order valence-electron chi connectivity index (χ0n) is 35.2. The van der Waals surface area contributed by atoms with Crippen LogP contribution < -0.4 is 0 Å². The fourth-order valence-corrected chi connectivity index (χ4v) is 10.3. The summed E-state index contributed by atoms with van der Waals surface area (Å²) in [6, 6.07) is 58.8. The van der Waals surface area contributed by atoms with Crippen LogP contribution in [0.3, 0.4) is 0 Å². The Labute approximate surface area is 372 Å². The lowest BCUT2D eigenvalue weighted by atomic mass is 9.73. The second-order valence-corrected chi connectivity index (χ2v) is 17.5. The minimum absolute atomic E-state index is 0.218. The molecule has 0 saturated heterocycles. The Morgan fingerprint density at radius 3 is 1.55 bits per heavy atom. The number of dihydropyridines is 1. The SMILES string of the molecule is CC12C=CC(c3cccc4c3oc3ccccc34)=NC1c1nc(-c3ccc(-c4ccc5ccc6ccc(-c7cccc8c7oc7ccccc78)nc6c5n4)c4ccccc34)ccc1C=C2. The van der Waals surface area contributed by atoms with Gasteiger partial charge in [-0.2, -0.15) is 0 Å². The lowest BCUT2D eigenvalue weighted by molar-refractivity contribution is 0.421. The van der Waals surface area contributed by atoms with Crippen molar-refractivity contribution in [3.05, 3.63) is 205 Å². The van der Waals surface area contributed by atoms with Gasteiger partial charge in [0, 0.05) is 60.0 Å². The van der Waals surface area contributed by atoms with Crippen molar-refractivity contribution >= 4 is 88.2 Å². The average Bonchev–Trinajstić information content (AvgIpc) is 3.94. The van der Waals surface area contributed by atoms with E-state index in [-0.39, 0.29) is 11.5 Å². The Morgan fingerprint density at radius 2 is 0.908 bits per heavy atom. The van der Waals surface area contributed by atoms with Crippen molar-refractivity contribution in [2.24, 2.45) is 10.4 Å². The number of nitrogens with zero attached hydrogens (tertiary/aromatic N) is 4. The van der Waals surface area contributed by atoms with Crippen molar-refractivity contribution in [3.63, 3.8) is 0 Å². The molecule has 1 aliphatic heterocycles. The minimum Gasteiger partial charge on any atom is -0.455 e. The van der Waals surface area contributed by atoms with E-state index in [0.29, 0.717) is 0 Å². The zero-order valence-corrected chi connectivity index (χ0v) is 35.2. The normalized spacial score (nSPS) is 16.9. The number of pyridine rings is 3. The molecule has 65 heavy (non-hydrogen) atoms. The monoisotopic (exact) mass is 832 g/mol. The summed E-state index contributed by atoms with van der Waals surface area (Å²) in [5, 5.41) is 8.65. The van der Waals surface area contributed by atoms with Crippen molar-refractivity contribution < 1.29 is 8.83 Å². The second-order valence-electron chi connectivity index (χ2n) is 17.5. The fraction of sp³-hybridized carbons (Fsp3) is 0.0508. The van der Waals surface area contributed by atoms with Gasteiger partial charge in [0.15, 0.2) is 0 Å². The van der Waals surface area contributed by atoms with E-state index in [0.717, 1.165) is 133 Å². The van der Waals surface area contributed by atoms with E-state index in [1.807, 2.05) is 30.3 Å². The van der Waals surface area contributed by atoms with Crippen LogP contribution >= 0.6 is 0 Å². The molecular weight excluding hydrogens is 797 g/mol. The van der Waals surface area contributed by atoms with Crippen molar-refractivity contribution in [1.29, 1.82) is 0 Å². The Bertz CT molecular complexity index is 4110. The first-order chi connectivity index (χ1) is 32.0. The maximum atomic E-state index is 6.45.